The fourth-order valence-electron chi connectivity index (χ4n) is 3.09. The Hall–Kier alpha value is -3.62. The first-order valence-corrected chi connectivity index (χ1v) is 9.79. The minimum absolute atomic E-state index is 0.112. The van der Waals surface area contributed by atoms with Crippen LogP contribution in [-0.4, -0.2) is 45.5 Å². The summed E-state index contributed by atoms with van der Waals surface area (Å²) < 4.78 is 13.7. The average Bonchev–Trinajstić information content (AvgIpc) is 3.57. The van der Waals surface area contributed by atoms with E-state index in [4.69, 9.17) is 9.47 Å². The van der Waals surface area contributed by atoms with Crippen LogP contribution in [0.3, 0.4) is 0 Å². The molecule has 3 aromatic rings. The number of carbonyl (C=O) groups is 1. The van der Waals surface area contributed by atoms with Gasteiger partial charge in [0.1, 0.15) is 11.5 Å². The van der Waals surface area contributed by atoms with Crippen LogP contribution in [0.1, 0.15) is 18.9 Å². The first-order valence-electron chi connectivity index (χ1n) is 9.79. The molecule has 1 saturated carbocycles. The number of carbonyl (C=O) groups excluding carboxylic acids is 1. The van der Waals surface area contributed by atoms with Gasteiger partial charge in [0.2, 0.25) is 0 Å². The van der Waals surface area contributed by atoms with Gasteiger partial charge in [0, 0.05) is 30.5 Å². The molecule has 1 aromatic carbocycles. The molecule has 0 bridgehead atoms. The van der Waals surface area contributed by atoms with Crippen molar-refractivity contribution in [2.75, 3.05) is 20.3 Å². The first-order chi connectivity index (χ1) is 14.7. The van der Waals surface area contributed by atoms with Crippen LogP contribution < -0.4 is 20.5 Å². The van der Waals surface area contributed by atoms with Crippen molar-refractivity contribution < 1.29 is 14.3 Å². The van der Waals surface area contributed by atoms with Crippen LogP contribution in [0.25, 0.3) is 11.4 Å². The number of nitrogens with one attached hydrogen (secondary N) is 1. The Morgan fingerprint density at radius 1 is 1.20 bits per heavy atom. The normalized spacial score (nSPS) is 13.1. The first kappa shape index (κ1) is 19.7. The zero-order valence-corrected chi connectivity index (χ0v) is 16.7. The molecule has 9 heteroatoms. The van der Waals surface area contributed by atoms with Crippen molar-refractivity contribution in [2.45, 2.75) is 25.4 Å². The van der Waals surface area contributed by atoms with Crippen molar-refractivity contribution in [3.05, 3.63) is 59.3 Å². The second-order valence-corrected chi connectivity index (χ2v) is 6.99. The lowest BCUT2D eigenvalue weighted by Crippen LogP contribution is -2.34. The Morgan fingerprint density at radius 2 is 1.97 bits per heavy atom. The summed E-state index contributed by atoms with van der Waals surface area (Å²) in [6.07, 6.45) is 5.32. The zero-order chi connectivity index (χ0) is 20.9. The van der Waals surface area contributed by atoms with E-state index in [0.717, 1.165) is 18.4 Å². The maximum atomic E-state index is 12.8. The highest BCUT2D eigenvalue weighted by Crippen LogP contribution is 2.36. The van der Waals surface area contributed by atoms with Gasteiger partial charge in [-0.25, -0.2) is 9.48 Å². The standard InChI is InChI=1S/C21H23N5O4/c1-29-17-6-8-18(9-7-17)30-14-19(27)23-11-12-25-21(28)26(16-4-5-16)20(24-25)15-3-2-10-22-13-15/h2-3,6-10,13,16H,4-5,11-12,14H2,1H3,(H,23,27). The van der Waals surface area contributed by atoms with E-state index in [0.29, 0.717) is 17.3 Å². The second-order valence-electron chi connectivity index (χ2n) is 6.99. The van der Waals surface area contributed by atoms with Crippen LogP contribution >= 0.6 is 0 Å². The molecule has 0 aliphatic heterocycles. The summed E-state index contributed by atoms with van der Waals surface area (Å²) in [6, 6.07) is 10.9. The maximum absolute atomic E-state index is 12.8. The highest BCUT2D eigenvalue weighted by molar-refractivity contribution is 5.77. The van der Waals surface area contributed by atoms with Crippen LogP contribution in [-0.2, 0) is 11.3 Å². The lowest BCUT2D eigenvalue weighted by Gasteiger charge is -2.08. The Bertz CT molecular complexity index is 1060. The Kier molecular flexibility index (Phi) is 5.78. The molecular formula is C21H23N5O4. The van der Waals surface area contributed by atoms with Crippen molar-refractivity contribution in [3.63, 3.8) is 0 Å². The number of hydrogen-bond donors (Lipinski definition) is 1. The van der Waals surface area contributed by atoms with Gasteiger partial charge in [0.15, 0.2) is 12.4 Å². The predicted octanol–water partition coefficient (Wildman–Crippen LogP) is 1.65. The van der Waals surface area contributed by atoms with Gasteiger partial charge < -0.3 is 14.8 Å². The van der Waals surface area contributed by atoms with Gasteiger partial charge >= 0.3 is 5.69 Å². The van der Waals surface area contributed by atoms with Crippen molar-refractivity contribution in [3.8, 4) is 22.9 Å². The van der Waals surface area contributed by atoms with E-state index in [9.17, 15) is 9.59 Å². The summed E-state index contributed by atoms with van der Waals surface area (Å²) in [5.41, 5.74) is 0.636. The number of amides is 1. The van der Waals surface area contributed by atoms with E-state index in [1.807, 2.05) is 12.1 Å². The number of pyridine rings is 1. The van der Waals surface area contributed by atoms with Crippen LogP contribution in [0, 0.1) is 0 Å². The monoisotopic (exact) mass is 409 g/mol. The van der Waals surface area contributed by atoms with E-state index >= 15 is 0 Å². The third-order valence-electron chi connectivity index (χ3n) is 4.78. The highest BCUT2D eigenvalue weighted by Gasteiger charge is 2.30. The molecule has 2 aromatic heterocycles. The van der Waals surface area contributed by atoms with Gasteiger partial charge in [-0.2, -0.15) is 0 Å². The van der Waals surface area contributed by atoms with E-state index in [2.05, 4.69) is 15.4 Å². The summed E-state index contributed by atoms with van der Waals surface area (Å²) in [7, 11) is 1.59. The van der Waals surface area contributed by atoms with Crippen LogP contribution in [0.15, 0.2) is 53.6 Å². The van der Waals surface area contributed by atoms with Gasteiger partial charge in [-0.15, -0.1) is 5.10 Å². The molecule has 1 aliphatic carbocycles. The third kappa shape index (κ3) is 4.51. The van der Waals surface area contributed by atoms with E-state index < -0.39 is 0 Å². The number of methoxy groups -OCH3 is 1. The maximum Gasteiger partial charge on any atom is 0.346 e. The summed E-state index contributed by atoms with van der Waals surface area (Å²) in [4.78, 5) is 28.9. The Morgan fingerprint density at radius 3 is 2.63 bits per heavy atom. The molecule has 1 fully saturated rings. The smallest absolute Gasteiger partial charge is 0.346 e. The van der Waals surface area contributed by atoms with E-state index in [-0.39, 0.29) is 37.3 Å². The number of hydrogen-bond acceptors (Lipinski definition) is 6. The second kappa shape index (κ2) is 8.81. The molecule has 0 atom stereocenters. The number of nitrogens with zero attached hydrogens (tertiary/aromatic N) is 4. The minimum Gasteiger partial charge on any atom is -0.497 e. The van der Waals surface area contributed by atoms with Gasteiger partial charge in [-0.05, 0) is 49.2 Å². The summed E-state index contributed by atoms with van der Waals surface area (Å²) in [6.45, 7) is 0.442. The molecule has 156 valence electrons. The topological polar surface area (TPSA) is 100 Å². The molecule has 1 aliphatic rings. The number of aromatic nitrogens is 4. The van der Waals surface area contributed by atoms with Crippen LogP contribution in [0.4, 0.5) is 0 Å². The van der Waals surface area contributed by atoms with Crippen LogP contribution in [0.5, 0.6) is 11.5 Å². The fourth-order valence-corrected chi connectivity index (χ4v) is 3.09. The van der Waals surface area contributed by atoms with E-state index in [1.165, 1.54) is 4.68 Å². The minimum atomic E-state index is -0.270. The summed E-state index contributed by atoms with van der Waals surface area (Å²) >= 11 is 0. The van der Waals surface area contributed by atoms with E-state index in [1.54, 1.807) is 48.3 Å². The largest absolute Gasteiger partial charge is 0.497 e. The molecule has 2 heterocycles. The van der Waals surface area contributed by atoms with Crippen molar-refractivity contribution in [1.82, 2.24) is 24.6 Å². The van der Waals surface area contributed by atoms with Gasteiger partial charge in [-0.1, -0.05) is 0 Å². The molecule has 1 amide bonds. The molecule has 30 heavy (non-hydrogen) atoms. The molecular weight excluding hydrogens is 386 g/mol. The summed E-state index contributed by atoms with van der Waals surface area (Å²) in [5, 5.41) is 7.24. The van der Waals surface area contributed by atoms with Crippen LogP contribution in [0.2, 0.25) is 0 Å². The fraction of sp³-hybridized carbons (Fsp3) is 0.333. The quantitative estimate of drug-likeness (QED) is 0.577. The lowest BCUT2D eigenvalue weighted by molar-refractivity contribution is -0.123. The lowest BCUT2D eigenvalue weighted by atomic mass is 10.3. The van der Waals surface area contributed by atoms with Crippen molar-refractivity contribution >= 4 is 5.91 Å². The molecule has 9 nitrogen and oxygen atoms in total. The zero-order valence-electron chi connectivity index (χ0n) is 16.7. The third-order valence-corrected chi connectivity index (χ3v) is 4.78. The average molecular weight is 409 g/mol. The van der Waals surface area contributed by atoms with Gasteiger partial charge in [0.05, 0.1) is 13.7 Å². The number of benzene rings is 1. The molecule has 0 saturated heterocycles. The van der Waals surface area contributed by atoms with Gasteiger partial charge in [0.25, 0.3) is 5.91 Å². The molecule has 0 spiro atoms. The Labute approximate surface area is 173 Å². The SMILES string of the molecule is COc1ccc(OCC(=O)NCCn2nc(-c3cccnc3)n(C3CC3)c2=O)cc1. The molecule has 0 radical (unpaired) electrons. The van der Waals surface area contributed by atoms with Crippen molar-refractivity contribution in [2.24, 2.45) is 0 Å². The van der Waals surface area contributed by atoms with Crippen molar-refractivity contribution in [1.29, 1.82) is 0 Å². The molecule has 4 rings (SSSR count). The summed E-state index contributed by atoms with van der Waals surface area (Å²) in [5.74, 6) is 1.64. The number of ether oxygens (including phenoxy) is 2. The Balaban J connectivity index is 1.33. The molecule has 0 unspecified atom stereocenters. The van der Waals surface area contributed by atoms with Gasteiger partial charge in [-0.3, -0.25) is 14.3 Å². The molecule has 1 N–H and O–H groups in total. The number of rotatable bonds is 9. The predicted molar refractivity (Wildman–Crippen MR) is 109 cm³/mol. The highest BCUT2D eigenvalue weighted by atomic mass is 16.5.